The van der Waals surface area contributed by atoms with Crippen molar-refractivity contribution >= 4 is 0 Å². The molecule has 0 aliphatic rings. The largest absolute Gasteiger partial charge is 0.310 e. The van der Waals surface area contributed by atoms with E-state index in [0.717, 1.165) is 19.0 Å². The van der Waals surface area contributed by atoms with E-state index in [1.54, 1.807) is 0 Å². The van der Waals surface area contributed by atoms with Gasteiger partial charge in [0.1, 0.15) is 0 Å². The Balaban J connectivity index is 2.80. The zero-order valence-corrected chi connectivity index (χ0v) is 14.8. The van der Waals surface area contributed by atoms with Crippen LogP contribution >= 0.6 is 0 Å². The molecule has 21 heavy (non-hydrogen) atoms. The standard InChI is InChI=1S/C19H34N2/c1-7-16(3)14-21(6)15-19(4,5)18(20-8-2)17-12-10-9-11-13-17/h9-13,16,18,20H,7-8,14-15H2,1-6H3. The molecule has 0 aromatic heterocycles. The zero-order valence-electron chi connectivity index (χ0n) is 14.8. The van der Waals surface area contributed by atoms with Crippen LogP contribution in [0.3, 0.4) is 0 Å². The molecule has 1 aromatic carbocycles. The van der Waals surface area contributed by atoms with E-state index >= 15 is 0 Å². The first-order valence-corrected chi connectivity index (χ1v) is 8.37. The van der Waals surface area contributed by atoms with Crippen molar-refractivity contribution in [1.82, 2.24) is 10.2 Å². The van der Waals surface area contributed by atoms with Crippen LogP contribution in [0, 0.1) is 11.3 Å². The molecule has 0 saturated heterocycles. The Morgan fingerprint density at radius 3 is 2.29 bits per heavy atom. The molecule has 0 saturated carbocycles. The van der Waals surface area contributed by atoms with Gasteiger partial charge in [0.25, 0.3) is 0 Å². The van der Waals surface area contributed by atoms with Gasteiger partial charge >= 0.3 is 0 Å². The summed E-state index contributed by atoms with van der Waals surface area (Å²) in [5.41, 5.74) is 1.58. The van der Waals surface area contributed by atoms with Crippen molar-refractivity contribution in [1.29, 1.82) is 0 Å². The molecule has 2 atom stereocenters. The van der Waals surface area contributed by atoms with Crippen molar-refractivity contribution in [2.24, 2.45) is 11.3 Å². The molecule has 0 fully saturated rings. The summed E-state index contributed by atoms with van der Waals surface area (Å²) in [6, 6.07) is 11.2. The minimum atomic E-state index is 0.194. The molecule has 2 nitrogen and oxygen atoms in total. The topological polar surface area (TPSA) is 15.3 Å². The molecule has 2 heteroatoms. The molecule has 0 amide bonds. The lowest BCUT2D eigenvalue weighted by Gasteiger charge is -2.39. The van der Waals surface area contributed by atoms with Gasteiger partial charge in [-0.2, -0.15) is 0 Å². The van der Waals surface area contributed by atoms with Gasteiger partial charge in [-0.1, -0.05) is 71.4 Å². The Labute approximate surface area is 131 Å². The molecule has 0 aliphatic carbocycles. The second kappa shape index (κ2) is 8.55. The summed E-state index contributed by atoms with van der Waals surface area (Å²) in [6.07, 6.45) is 1.25. The highest BCUT2D eigenvalue weighted by Gasteiger charge is 2.31. The predicted molar refractivity (Wildman–Crippen MR) is 93.6 cm³/mol. The summed E-state index contributed by atoms with van der Waals surface area (Å²) in [5.74, 6) is 0.764. The van der Waals surface area contributed by atoms with Gasteiger partial charge in [0, 0.05) is 19.1 Å². The van der Waals surface area contributed by atoms with Gasteiger partial charge in [-0.05, 0) is 30.5 Å². The molecule has 120 valence electrons. The van der Waals surface area contributed by atoms with Crippen molar-refractivity contribution in [2.45, 2.75) is 47.1 Å². The van der Waals surface area contributed by atoms with E-state index in [0.29, 0.717) is 6.04 Å². The van der Waals surface area contributed by atoms with Crippen LogP contribution in [0.5, 0.6) is 0 Å². The Morgan fingerprint density at radius 1 is 1.14 bits per heavy atom. The monoisotopic (exact) mass is 290 g/mol. The molecular formula is C19H34N2. The third kappa shape index (κ3) is 5.80. The second-order valence-corrected chi connectivity index (χ2v) is 7.10. The quantitative estimate of drug-likeness (QED) is 0.728. The molecule has 1 N–H and O–H groups in total. The van der Waals surface area contributed by atoms with E-state index in [2.05, 4.69) is 82.2 Å². The number of benzene rings is 1. The SMILES string of the molecule is CCNC(c1ccccc1)C(C)(C)CN(C)CC(C)CC. The Kier molecular flexibility index (Phi) is 7.41. The summed E-state index contributed by atoms with van der Waals surface area (Å²) in [4.78, 5) is 2.49. The third-order valence-corrected chi connectivity index (χ3v) is 4.32. The first kappa shape index (κ1) is 18.2. The minimum Gasteiger partial charge on any atom is -0.310 e. The van der Waals surface area contributed by atoms with Crippen molar-refractivity contribution in [3.63, 3.8) is 0 Å². The highest BCUT2D eigenvalue weighted by Crippen LogP contribution is 2.34. The molecule has 0 heterocycles. The summed E-state index contributed by atoms with van der Waals surface area (Å²) in [7, 11) is 2.25. The fourth-order valence-electron chi connectivity index (χ4n) is 3.21. The molecule has 0 radical (unpaired) electrons. The number of nitrogens with one attached hydrogen (secondary N) is 1. The average Bonchev–Trinajstić information content (AvgIpc) is 2.44. The normalized spacial score (nSPS) is 15.2. The Morgan fingerprint density at radius 2 is 1.76 bits per heavy atom. The van der Waals surface area contributed by atoms with Crippen LogP contribution in [0.2, 0.25) is 0 Å². The maximum atomic E-state index is 3.69. The lowest BCUT2D eigenvalue weighted by atomic mass is 9.79. The Bertz CT molecular complexity index is 386. The molecule has 1 rings (SSSR count). The summed E-state index contributed by atoms with van der Waals surface area (Å²) >= 11 is 0. The number of hydrogen-bond acceptors (Lipinski definition) is 2. The van der Waals surface area contributed by atoms with Crippen molar-refractivity contribution in [3.8, 4) is 0 Å². The van der Waals surface area contributed by atoms with E-state index in [9.17, 15) is 0 Å². The van der Waals surface area contributed by atoms with Gasteiger partial charge in [0.05, 0.1) is 0 Å². The van der Waals surface area contributed by atoms with Crippen LogP contribution < -0.4 is 5.32 Å². The van der Waals surface area contributed by atoms with E-state index in [4.69, 9.17) is 0 Å². The van der Waals surface area contributed by atoms with Gasteiger partial charge in [0.2, 0.25) is 0 Å². The predicted octanol–water partition coefficient (Wildman–Crippen LogP) is 4.34. The lowest BCUT2D eigenvalue weighted by Crippen LogP contribution is -2.42. The maximum absolute atomic E-state index is 3.69. The van der Waals surface area contributed by atoms with Gasteiger partial charge < -0.3 is 10.2 Å². The molecule has 0 spiro atoms. The zero-order chi connectivity index (χ0) is 15.9. The van der Waals surface area contributed by atoms with Crippen LogP contribution in [0.4, 0.5) is 0 Å². The number of rotatable bonds is 9. The van der Waals surface area contributed by atoms with Crippen LogP contribution in [0.1, 0.15) is 52.6 Å². The fourth-order valence-corrected chi connectivity index (χ4v) is 3.21. The van der Waals surface area contributed by atoms with Gasteiger partial charge in [-0.15, -0.1) is 0 Å². The average molecular weight is 290 g/mol. The highest BCUT2D eigenvalue weighted by molar-refractivity contribution is 5.21. The molecule has 1 aromatic rings. The molecule has 2 unspecified atom stereocenters. The van der Waals surface area contributed by atoms with Gasteiger partial charge in [-0.3, -0.25) is 0 Å². The van der Waals surface area contributed by atoms with Crippen LogP contribution in [-0.2, 0) is 0 Å². The van der Waals surface area contributed by atoms with Crippen LogP contribution in [0.15, 0.2) is 30.3 Å². The highest BCUT2D eigenvalue weighted by atomic mass is 15.1. The Hall–Kier alpha value is -0.860. The molecular weight excluding hydrogens is 256 g/mol. The summed E-state index contributed by atoms with van der Waals surface area (Å²) in [5, 5.41) is 3.69. The minimum absolute atomic E-state index is 0.194. The van der Waals surface area contributed by atoms with Crippen molar-refractivity contribution in [3.05, 3.63) is 35.9 Å². The third-order valence-electron chi connectivity index (χ3n) is 4.32. The number of nitrogens with zero attached hydrogens (tertiary/aromatic N) is 1. The van der Waals surface area contributed by atoms with Crippen LogP contribution in [-0.4, -0.2) is 31.6 Å². The van der Waals surface area contributed by atoms with Gasteiger partial charge in [0.15, 0.2) is 0 Å². The first-order chi connectivity index (χ1) is 9.90. The summed E-state index contributed by atoms with van der Waals surface area (Å²) < 4.78 is 0. The second-order valence-electron chi connectivity index (χ2n) is 7.10. The van der Waals surface area contributed by atoms with Crippen LogP contribution in [0.25, 0.3) is 0 Å². The first-order valence-electron chi connectivity index (χ1n) is 8.37. The molecule has 0 aliphatic heterocycles. The van der Waals surface area contributed by atoms with E-state index in [1.807, 2.05) is 0 Å². The smallest absolute Gasteiger partial charge is 0.0384 e. The fraction of sp³-hybridized carbons (Fsp3) is 0.684. The van der Waals surface area contributed by atoms with Crippen molar-refractivity contribution in [2.75, 3.05) is 26.7 Å². The van der Waals surface area contributed by atoms with E-state index < -0.39 is 0 Å². The molecule has 0 bridgehead atoms. The van der Waals surface area contributed by atoms with E-state index in [-0.39, 0.29) is 5.41 Å². The number of hydrogen-bond donors (Lipinski definition) is 1. The van der Waals surface area contributed by atoms with Crippen molar-refractivity contribution < 1.29 is 0 Å². The van der Waals surface area contributed by atoms with E-state index in [1.165, 1.54) is 18.5 Å². The summed E-state index contributed by atoms with van der Waals surface area (Å²) in [6.45, 7) is 14.8. The lowest BCUT2D eigenvalue weighted by molar-refractivity contribution is 0.145. The van der Waals surface area contributed by atoms with Gasteiger partial charge in [-0.25, -0.2) is 0 Å². The maximum Gasteiger partial charge on any atom is 0.0384 e.